The summed E-state index contributed by atoms with van der Waals surface area (Å²) in [5, 5.41) is 18.0. The number of nitrogens with zero attached hydrogens (tertiary/aromatic N) is 3. The molecule has 2 aromatic rings. The van der Waals surface area contributed by atoms with Crippen molar-refractivity contribution in [3.8, 4) is 6.07 Å². The van der Waals surface area contributed by atoms with E-state index in [1.807, 2.05) is 6.07 Å². The molecule has 0 radical (unpaired) electrons. The van der Waals surface area contributed by atoms with Gasteiger partial charge in [0.1, 0.15) is 22.1 Å². The van der Waals surface area contributed by atoms with Crippen LogP contribution in [0.2, 0.25) is 0 Å². The highest BCUT2D eigenvalue weighted by Crippen LogP contribution is 2.27. The first-order chi connectivity index (χ1) is 8.47. The molecule has 18 heavy (non-hydrogen) atoms. The largest absolute Gasteiger partial charge is 0.477 e. The van der Waals surface area contributed by atoms with Crippen LogP contribution >= 0.6 is 11.3 Å². The van der Waals surface area contributed by atoms with Crippen LogP contribution in [0.15, 0.2) is 4.79 Å². The number of carboxylic acids is 1. The van der Waals surface area contributed by atoms with Crippen molar-refractivity contribution >= 4 is 27.5 Å². The highest BCUT2D eigenvalue weighted by molar-refractivity contribution is 7.20. The van der Waals surface area contributed by atoms with Crippen molar-refractivity contribution in [1.29, 1.82) is 5.26 Å². The monoisotopic (exact) mass is 263 g/mol. The molecule has 2 heterocycles. The molecule has 0 aliphatic heterocycles. The fourth-order valence-corrected chi connectivity index (χ4v) is 2.84. The Bertz CT molecular complexity index is 751. The van der Waals surface area contributed by atoms with Crippen molar-refractivity contribution in [1.82, 2.24) is 9.55 Å². The van der Waals surface area contributed by atoms with Gasteiger partial charge in [-0.1, -0.05) is 0 Å². The number of carboxylic acid groups (broad SMARTS) is 1. The maximum Gasteiger partial charge on any atom is 0.346 e. The number of hydrogen-bond donors (Lipinski definition) is 1. The summed E-state index contributed by atoms with van der Waals surface area (Å²) in [5.41, 5.74) is 0.0481. The lowest BCUT2D eigenvalue weighted by molar-refractivity contribution is 0.0701. The quantitative estimate of drug-likeness (QED) is 0.880. The van der Waals surface area contributed by atoms with Crippen molar-refractivity contribution in [2.75, 3.05) is 0 Å². The number of aromatic nitrogens is 2. The van der Waals surface area contributed by atoms with Gasteiger partial charge in [-0.15, -0.1) is 11.3 Å². The van der Waals surface area contributed by atoms with Crippen molar-refractivity contribution in [2.45, 2.75) is 20.4 Å². The van der Waals surface area contributed by atoms with Gasteiger partial charge >= 0.3 is 5.97 Å². The van der Waals surface area contributed by atoms with Crippen LogP contribution in [-0.4, -0.2) is 20.6 Å². The van der Waals surface area contributed by atoms with Crippen molar-refractivity contribution < 1.29 is 9.90 Å². The Morgan fingerprint density at radius 2 is 2.22 bits per heavy atom. The first kappa shape index (κ1) is 12.3. The van der Waals surface area contributed by atoms with Crippen molar-refractivity contribution in [2.24, 2.45) is 0 Å². The smallest absolute Gasteiger partial charge is 0.346 e. The molecule has 2 rings (SSSR count). The van der Waals surface area contributed by atoms with Crippen LogP contribution in [0.25, 0.3) is 10.2 Å². The van der Waals surface area contributed by atoms with Crippen molar-refractivity contribution in [3.63, 3.8) is 0 Å². The van der Waals surface area contributed by atoms with Gasteiger partial charge in [-0.3, -0.25) is 9.36 Å². The molecule has 92 valence electrons. The average Bonchev–Trinajstić information content (AvgIpc) is 2.62. The number of hydrogen-bond acceptors (Lipinski definition) is 5. The fourth-order valence-electron chi connectivity index (χ4n) is 1.78. The van der Waals surface area contributed by atoms with Crippen LogP contribution < -0.4 is 5.56 Å². The summed E-state index contributed by atoms with van der Waals surface area (Å²) in [6.07, 6.45) is 0. The van der Waals surface area contributed by atoms with Crippen LogP contribution in [-0.2, 0) is 6.54 Å². The van der Waals surface area contributed by atoms with Crippen LogP contribution in [0.1, 0.15) is 21.1 Å². The van der Waals surface area contributed by atoms with Gasteiger partial charge in [0, 0.05) is 0 Å². The minimum Gasteiger partial charge on any atom is -0.477 e. The summed E-state index contributed by atoms with van der Waals surface area (Å²) in [6, 6.07) is 1.89. The van der Waals surface area contributed by atoms with Crippen LogP contribution in [0.5, 0.6) is 0 Å². The molecular formula is C11H9N3O3S. The van der Waals surface area contributed by atoms with E-state index in [1.54, 1.807) is 13.8 Å². The van der Waals surface area contributed by atoms with E-state index in [4.69, 9.17) is 10.4 Å². The van der Waals surface area contributed by atoms with Crippen LogP contribution in [0.3, 0.4) is 0 Å². The molecule has 0 saturated carbocycles. The van der Waals surface area contributed by atoms with Gasteiger partial charge in [0.2, 0.25) is 0 Å². The Hall–Kier alpha value is -2.20. The fraction of sp³-hybridized carbons (Fsp3) is 0.273. The van der Waals surface area contributed by atoms with E-state index in [-0.39, 0.29) is 17.0 Å². The molecule has 0 bridgehead atoms. The Morgan fingerprint density at radius 1 is 1.56 bits per heavy atom. The van der Waals surface area contributed by atoms with Gasteiger partial charge in [0.15, 0.2) is 0 Å². The number of aromatic carboxylic acids is 1. The van der Waals surface area contributed by atoms with Crippen LogP contribution in [0.4, 0.5) is 0 Å². The minimum absolute atomic E-state index is 0.0920. The number of aryl methyl sites for hydroxylation is 2. The van der Waals surface area contributed by atoms with E-state index >= 15 is 0 Å². The molecule has 2 aromatic heterocycles. The maximum absolute atomic E-state index is 12.2. The van der Waals surface area contributed by atoms with Crippen LogP contribution in [0, 0.1) is 25.2 Å². The Kier molecular flexibility index (Phi) is 2.88. The van der Waals surface area contributed by atoms with E-state index in [9.17, 15) is 9.59 Å². The molecule has 0 fully saturated rings. The molecule has 7 heteroatoms. The highest BCUT2D eigenvalue weighted by Gasteiger charge is 2.19. The lowest BCUT2D eigenvalue weighted by Gasteiger charge is -2.04. The first-order valence-electron chi connectivity index (χ1n) is 5.08. The Balaban J connectivity index is 2.90. The maximum atomic E-state index is 12.2. The summed E-state index contributed by atoms with van der Waals surface area (Å²) in [5.74, 6) is -0.661. The minimum atomic E-state index is -1.07. The normalized spacial score (nSPS) is 10.5. The molecule has 0 atom stereocenters. The van der Waals surface area contributed by atoms with Crippen molar-refractivity contribution in [3.05, 3.63) is 26.6 Å². The highest BCUT2D eigenvalue weighted by atomic mass is 32.1. The molecular weight excluding hydrogens is 254 g/mol. The zero-order valence-electron chi connectivity index (χ0n) is 9.72. The van der Waals surface area contributed by atoms with Gasteiger partial charge in [0.25, 0.3) is 5.56 Å². The Labute approximate surface area is 106 Å². The second-order valence-electron chi connectivity index (χ2n) is 3.75. The molecule has 0 amide bonds. The standard InChI is InChI=1S/C11H9N3O3S/c1-5-7-9(18-8(5)11(16)17)13-6(2)14(4-3-12)10(7)15/h4H2,1-2H3,(H,16,17). The summed E-state index contributed by atoms with van der Waals surface area (Å²) in [4.78, 5) is 27.9. The summed E-state index contributed by atoms with van der Waals surface area (Å²) in [6.45, 7) is 3.11. The third kappa shape index (κ3) is 1.67. The van der Waals surface area contributed by atoms with Gasteiger partial charge in [-0.05, 0) is 19.4 Å². The predicted octanol–water partition coefficient (Wildman–Crippen LogP) is 1.30. The van der Waals surface area contributed by atoms with E-state index in [0.717, 1.165) is 11.3 Å². The number of fused-ring (bicyclic) bond motifs is 1. The van der Waals surface area contributed by atoms with E-state index in [1.165, 1.54) is 4.57 Å². The lowest BCUT2D eigenvalue weighted by Crippen LogP contribution is -2.23. The number of carbonyl (C=O) groups is 1. The zero-order valence-corrected chi connectivity index (χ0v) is 10.5. The third-order valence-corrected chi connectivity index (χ3v) is 3.84. The molecule has 6 nitrogen and oxygen atoms in total. The second-order valence-corrected chi connectivity index (χ2v) is 4.75. The van der Waals surface area contributed by atoms with Gasteiger partial charge in [0.05, 0.1) is 11.5 Å². The third-order valence-electron chi connectivity index (χ3n) is 2.66. The molecule has 0 aliphatic rings. The summed E-state index contributed by atoms with van der Waals surface area (Å²) < 4.78 is 1.24. The van der Waals surface area contributed by atoms with E-state index in [0.29, 0.717) is 21.6 Å². The van der Waals surface area contributed by atoms with E-state index < -0.39 is 5.97 Å². The zero-order chi connectivity index (χ0) is 13.4. The number of thiophene rings is 1. The molecule has 0 saturated heterocycles. The number of rotatable bonds is 2. The average molecular weight is 263 g/mol. The molecule has 0 aromatic carbocycles. The molecule has 0 aliphatic carbocycles. The first-order valence-corrected chi connectivity index (χ1v) is 5.89. The van der Waals surface area contributed by atoms with Gasteiger partial charge in [-0.25, -0.2) is 9.78 Å². The van der Waals surface area contributed by atoms with E-state index in [2.05, 4.69) is 4.98 Å². The van der Waals surface area contributed by atoms with Gasteiger partial charge in [-0.2, -0.15) is 5.26 Å². The number of nitriles is 1. The second kappa shape index (κ2) is 4.23. The lowest BCUT2D eigenvalue weighted by atomic mass is 10.2. The molecule has 1 N–H and O–H groups in total. The molecule has 0 unspecified atom stereocenters. The van der Waals surface area contributed by atoms with Gasteiger partial charge < -0.3 is 5.11 Å². The Morgan fingerprint density at radius 3 is 2.78 bits per heavy atom. The SMILES string of the molecule is Cc1c(C(=O)O)sc2nc(C)n(CC#N)c(=O)c12. The predicted molar refractivity (Wildman–Crippen MR) is 65.9 cm³/mol. The summed E-state index contributed by atoms with van der Waals surface area (Å²) in [7, 11) is 0. The molecule has 0 spiro atoms. The summed E-state index contributed by atoms with van der Waals surface area (Å²) >= 11 is 0.980. The topological polar surface area (TPSA) is 96.0 Å².